The monoisotopic (exact) mass is 327 g/mol. The number of hydrogen-bond acceptors (Lipinski definition) is 5. The number of hydrazone groups is 1. The fourth-order valence-corrected chi connectivity index (χ4v) is 2.22. The number of ether oxygens (including phenoxy) is 1. The summed E-state index contributed by atoms with van der Waals surface area (Å²) >= 11 is 0. The fourth-order valence-electron chi connectivity index (χ4n) is 1.49. The third-order valence-electron chi connectivity index (χ3n) is 2.56. The number of hydrogen-bond donors (Lipinski definition) is 2. The average molecular weight is 327 g/mol. The third-order valence-corrected chi connectivity index (χ3v) is 4.00. The van der Waals surface area contributed by atoms with Gasteiger partial charge in [0.2, 0.25) is 10.0 Å². The van der Waals surface area contributed by atoms with E-state index in [0.717, 1.165) is 0 Å². The van der Waals surface area contributed by atoms with E-state index in [4.69, 9.17) is 4.74 Å². The summed E-state index contributed by atoms with van der Waals surface area (Å²) < 4.78 is 30.5. The van der Waals surface area contributed by atoms with E-state index < -0.39 is 21.7 Å². The van der Waals surface area contributed by atoms with Crippen LogP contribution in [-0.4, -0.2) is 32.9 Å². The molecule has 0 radical (unpaired) electrons. The number of amides is 1. The maximum atomic E-state index is 11.6. The highest BCUT2D eigenvalue weighted by molar-refractivity contribution is 7.89. The molecule has 0 saturated heterocycles. The van der Waals surface area contributed by atoms with Gasteiger partial charge in [0.15, 0.2) is 0 Å². The van der Waals surface area contributed by atoms with Crippen LogP contribution >= 0.6 is 0 Å². The Balaban J connectivity index is 2.80. The normalized spacial score (nSPS) is 12.9. The van der Waals surface area contributed by atoms with Crippen molar-refractivity contribution in [1.29, 1.82) is 0 Å². The molecule has 0 atom stereocenters. The molecule has 1 rings (SSSR count). The molecule has 22 heavy (non-hydrogen) atoms. The minimum Gasteiger partial charge on any atom is -0.443 e. The van der Waals surface area contributed by atoms with Crippen molar-refractivity contribution >= 4 is 21.8 Å². The molecule has 0 heterocycles. The SMILES string of the molecule is CNS(=O)(=O)c1ccc(/C(C)=N/NC(=O)OC(C)(C)C)cc1. The van der Waals surface area contributed by atoms with Crippen LogP contribution in [0, 0.1) is 0 Å². The van der Waals surface area contributed by atoms with Gasteiger partial charge in [-0.3, -0.25) is 0 Å². The summed E-state index contributed by atoms with van der Waals surface area (Å²) in [6.07, 6.45) is -0.652. The van der Waals surface area contributed by atoms with Crippen molar-refractivity contribution in [3.05, 3.63) is 29.8 Å². The lowest BCUT2D eigenvalue weighted by molar-refractivity contribution is 0.0529. The van der Waals surface area contributed by atoms with Gasteiger partial charge in [-0.2, -0.15) is 5.10 Å². The molecule has 0 aliphatic carbocycles. The molecule has 0 aromatic heterocycles. The Kier molecular flexibility index (Phi) is 5.67. The van der Waals surface area contributed by atoms with Crippen LogP contribution in [0.5, 0.6) is 0 Å². The zero-order chi connectivity index (χ0) is 17.0. The van der Waals surface area contributed by atoms with Gasteiger partial charge in [0, 0.05) is 0 Å². The highest BCUT2D eigenvalue weighted by atomic mass is 32.2. The smallest absolute Gasteiger partial charge is 0.428 e. The molecule has 0 saturated carbocycles. The Bertz CT molecular complexity index is 658. The summed E-state index contributed by atoms with van der Waals surface area (Å²) in [7, 11) is -2.12. The second-order valence-electron chi connectivity index (χ2n) is 5.54. The largest absolute Gasteiger partial charge is 0.443 e. The van der Waals surface area contributed by atoms with E-state index in [9.17, 15) is 13.2 Å². The van der Waals surface area contributed by atoms with Gasteiger partial charge in [-0.1, -0.05) is 12.1 Å². The lowest BCUT2D eigenvalue weighted by atomic mass is 10.1. The fraction of sp³-hybridized carbons (Fsp3) is 0.429. The lowest BCUT2D eigenvalue weighted by Gasteiger charge is -2.18. The van der Waals surface area contributed by atoms with Crippen LogP contribution in [0.2, 0.25) is 0 Å². The number of sulfonamides is 1. The summed E-state index contributed by atoms with van der Waals surface area (Å²) in [5, 5.41) is 3.92. The second kappa shape index (κ2) is 6.89. The summed E-state index contributed by atoms with van der Waals surface area (Å²) in [6, 6.07) is 6.15. The highest BCUT2D eigenvalue weighted by Crippen LogP contribution is 2.11. The zero-order valence-electron chi connectivity index (χ0n) is 13.3. The predicted molar refractivity (Wildman–Crippen MR) is 84.3 cm³/mol. The Hall–Kier alpha value is -1.93. The van der Waals surface area contributed by atoms with Crippen LogP contribution in [0.25, 0.3) is 0 Å². The summed E-state index contributed by atoms with van der Waals surface area (Å²) in [6.45, 7) is 6.96. The molecule has 0 bridgehead atoms. The van der Waals surface area contributed by atoms with Crippen molar-refractivity contribution in [2.75, 3.05) is 7.05 Å². The Morgan fingerprint density at radius 2 is 1.73 bits per heavy atom. The van der Waals surface area contributed by atoms with E-state index in [1.54, 1.807) is 39.8 Å². The Morgan fingerprint density at radius 1 is 1.18 bits per heavy atom. The van der Waals surface area contributed by atoms with Crippen LogP contribution in [0.4, 0.5) is 4.79 Å². The van der Waals surface area contributed by atoms with Gasteiger partial charge in [-0.15, -0.1) is 0 Å². The molecular formula is C14H21N3O4S. The molecule has 8 heteroatoms. The molecule has 0 aliphatic heterocycles. The van der Waals surface area contributed by atoms with Crippen LogP contribution in [0.3, 0.4) is 0 Å². The molecule has 0 unspecified atom stereocenters. The second-order valence-corrected chi connectivity index (χ2v) is 7.43. The van der Waals surface area contributed by atoms with Gasteiger partial charge >= 0.3 is 6.09 Å². The van der Waals surface area contributed by atoms with E-state index in [0.29, 0.717) is 11.3 Å². The van der Waals surface area contributed by atoms with Crippen molar-refractivity contribution < 1.29 is 17.9 Å². The number of nitrogens with zero attached hydrogens (tertiary/aromatic N) is 1. The number of nitrogens with one attached hydrogen (secondary N) is 2. The molecular weight excluding hydrogens is 306 g/mol. The minimum atomic E-state index is -3.47. The van der Waals surface area contributed by atoms with Gasteiger partial charge in [0.05, 0.1) is 10.6 Å². The molecule has 1 aromatic carbocycles. The van der Waals surface area contributed by atoms with Crippen molar-refractivity contribution in [3.63, 3.8) is 0 Å². The van der Waals surface area contributed by atoms with E-state index in [-0.39, 0.29) is 4.90 Å². The van der Waals surface area contributed by atoms with Crippen molar-refractivity contribution in [1.82, 2.24) is 10.1 Å². The van der Waals surface area contributed by atoms with Crippen molar-refractivity contribution in [3.8, 4) is 0 Å². The number of rotatable bonds is 4. The van der Waals surface area contributed by atoms with Crippen LogP contribution in [0.15, 0.2) is 34.3 Å². The molecule has 2 N–H and O–H groups in total. The number of benzene rings is 1. The summed E-state index contributed by atoms with van der Waals surface area (Å²) in [4.78, 5) is 11.6. The Morgan fingerprint density at radius 3 is 2.18 bits per heavy atom. The third kappa shape index (κ3) is 5.45. The predicted octanol–water partition coefficient (Wildman–Crippen LogP) is 1.84. The summed E-state index contributed by atoms with van der Waals surface area (Å²) in [5.41, 5.74) is 2.90. The first kappa shape index (κ1) is 18.1. The molecule has 1 aromatic rings. The van der Waals surface area contributed by atoms with Crippen molar-refractivity contribution in [2.45, 2.75) is 38.2 Å². The van der Waals surface area contributed by atoms with Gasteiger partial charge in [-0.05, 0) is 52.4 Å². The van der Waals surface area contributed by atoms with Gasteiger partial charge in [0.1, 0.15) is 5.60 Å². The van der Waals surface area contributed by atoms with Gasteiger partial charge < -0.3 is 4.74 Å². The van der Waals surface area contributed by atoms with E-state index in [2.05, 4.69) is 15.2 Å². The average Bonchev–Trinajstić information content (AvgIpc) is 2.43. The van der Waals surface area contributed by atoms with Gasteiger partial charge in [-0.25, -0.2) is 23.4 Å². The van der Waals surface area contributed by atoms with E-state index in [1.807, 2.05) is 0 Å². The highest BCUT2D eigenvalue weighted by Gasteiger charge is 2.15. The molecule has 1 amide bonds. The standard InChI is InChI=1S/C14H21N3O4S/c1-10(16-17-13(18)21-14(2,3)4)11-6-8-12(9-7-11)22(19,20)15-5/h6-9,15H,1-5H3,(H,17,18)/b16-10+. The first-order valence-electron chi connectivity index (χ1n) is 6.62. The molecule has 122 valence electrons. The molecule has 0 aliphatic rings. The van der Waals surface area contributed by atoms with Crippen LogP contribution < -0.4 is 10.1 Å². The van der Waals surface area contributed by atoms with Crippen LogP contribution in [-0.2, 0) is 14.8 Å². The van der Waals surface area contributed by atoms with Crippen molar-refractivity contribution in [2.24, 2.45) is 5.10 Å². The number of carbonyl (C=O) groups excluding carboxylic acids is 1. The molecule has 0 fully saturated rings. The van der Waals surface area contributed by atoms with Crippen LogP contribution in [0.1, 0.15) is 33.3 Å². The number of carbonyl (C=O) groups is 1. The molecule has 0 spiro atoms. The van der Waals surface area contributed by atoms with E-state index in [1.165, 1.54) is 19.2 Å². The topological polar surface area (TPSA) is 96.9 Å². The van der Waals surface area contributed by atoms with Gasteiger partial charge in [0.25, 0.3) is 0 Å². The first-order valence-corrected chi connectivity index (χ1v) is 8.11. The summed E-state index contributed by atoms with van der Waals surface area (Å²) in [5.74, 6) is 0. The molecule has 7 nitrogen and oxygen atoms in total. The maximum absolute atomic E-state index is 11.6. The van der Waals surface area contributed by atoms with E-state index >= 15 is 0 Å². The quantitative estimate of drug-likeness (QED) is 0.651. The Labute approximate surface area is 130 Å². The lowest BCUT2D eigenvalue weighted by Crippen LogP contribution is -2.30. The zero-order valence-corrected chi connectivity index (χ0v) is 14.1. The maximum Gasteiger partial charge on any atom is 0.428 e. The minimum absolute atomic E-state index is 0.159. The first-order chi connectivity index (χ1) is 10.0.